The Kier molecular flexibility index (Phi) is 2.42. The predicted octanol–water partition coefficient (Wildman–Crippen LogP) is 2.69. The van der Waals surface area contributed by atoms with E-state index in [2.05, 4.69) is 9.97 Å². The lowest BCUT2D eigenvalue weighted by Crippen LogP contribution is -2.18. The summed E-state index contributed by atoms with van der Waals surface area (Å²) in [5.74, 6) is -0.434. The molecule has 0 aliphatic carbocycles. The maximum absolute atomic E-state index is 11.1. The Balaban J connectivity index is 2.76. The molecule has 4 nitrogen and oxygen atoms in total. The van der Waals surface area contributed by atoms with Gasteiger partial charge < -0.3 is 5.11 Å². The number of carbonyl (C=O) groups is 1. The van der Waals surface area contributed by atoms with Gasteiger partial charge in [-0.1, -0.05) is 20.8 Å². The lowest BCUT2D eigenvalue weighted by Gasteiger charge is -2.16. The van der Waals surface area contributed by atoms with Crippen LogP contribution in [0.5, 0.6) is 0 Å². The molecule has 84 valence electrons. The van der Waals surface area contributed by atoms with E-state index in [1.165, 1.54) is 11.3 Å². The van der Waals surface area contributed by atoms with Crippen molar-refractivity contribution in [1.82, 2.24) is 9.97 Å². The van der Waals surface area contributed by atoms with Gasteiger partial charge in [-0.15, -0.1) is 11.3 Å². The van der Waals surface area contributed by atoms with E-state index >= 15 is 0 Å². The van der Waals surface area contributed by atoms with Crippen molar-refractivity contribution < 1.29 is 9.90 Å². The average Bonchev–Trinajstić information content (AvgIpc) is 2.61. The summed E-state index contributed by atoms with van der Waals surface area (Å²) in [6, 6.07) is 1.75. The van der Waals surface area contributed by atoms with Crippen molar-refractivity contribution in [3.05, 3.63) is 23.0 Å². The van der Waals surface area contributed by atoms with Gasteiger partial charge in [0.25, 0.3) is 0 Å². The van der Waals surface area contributed by atoms with Gasteiger partial charge in [0.2, 0.25) is 0 Å². The van der Waals surface area contributed by atoms with E-state index in [9.17, 15) is 4.79 Å². The van der Waals surface area contributed by atoms with Crippen molar-refractivity contribution in [1.29, 1.82) is 0 Å². The molecule has 2 aromatic rings. The highest BCUT2D eigenvalue weighted by atomic mass is 32.1. The summed E-state index contributed by atoms with van der Waals surface area (Å²) in [7, 11) is 0. The molecule has 2 rings (SSSR count). The number of rotatable bonds is 1. The summed E-state index contributed by atoms with van der Waals surface area (Å²) >= 11 is 1.43. The number of fused-ring (bicyclic) bond motifs is 1. The molecule has 5 heteroatoms. The third kappa shape index (κ3) is 1.78. The number of aromatic nitrogens is 2. The molecule has 0 spiro atoms. The van der Waals surface area contributed by atoms with Crippen LogP contribution in [0.4, 0.5) is 0 Å². The molecular weight excluding hydrogens is 224 g/mol. The van der Waals surface area contributed by atoms with E-state index in [1.807, 2.05) is 26.2 Å². The van der Waals surface area contributed by atoms with Crippen LogP contribution >= 0.6 is 11.3 Å². The molecule has 0 atom stereocenters. The number of nitrogens with zero attached hydrogens (tertiary/aromatic N) is 2. The normalized spacial score (nSPS) is 11.9. The van der Waals surface area contributed by atoms with Crippen molar-refractivity contribution in [3.63, 3.8) is 0 Å². The van der Waals surface area contributed by atoms with Gasteiger partial charge in [0.1, 0.15) is 10.7 Å². The second-order valence-electron chi connectivity index (χ2n) is 4.59. The Bertz CT molecular complexity index is 555. The Labute approximate surface area is 97.0 Å². The summed E-state index contributed by atoms with van der Waals surface area (Å²) < 4.78 is 0. The van der Waals surface area contributed by atoms with Crippen molar-refractivity contribution in [2.75, 3.05) is 0 Å². The number of hydrogen-bond donors (Lipinski definition) is 1. The Morgan fingerprint density at radius 1 is 1.38 bits per heavy atom. The van der Waals surface area contributed by atoms with Gasteiger partial charge in [-0.25, -0.2) is 14.8 Å². The van der Waals surface area contributed by atoms with E-state index < -0.39 is 5.97 Å². The first-order valence-corrected chi connectivity index (χ1v) is 5.76. The van der Waals surface area contributed by atoms with Crippen LogP contribution in [0.3, 0.4) is 0 Å². The largest absolute Gasteiger partial charge is 0.476 e. The first kappa shape index (κ1) is 11.0. The number of carboxylic acids is 1. The molecule has 16 heavy (non-hydrogen) atoms. The molecule has 0 aromatic carbocycles. The summed E-state index contributed by atoms with van der Waals surface area (Å²) in [5.41, 5.74) is -0.154. The van der Waals surface area contributed by atoms with Crippen LogP contribution in [0.1, 0.15) is 37.1 Å². The average molecular weight is 236 g/mol. The SMILES string of the molecule is CC(C)(C)c1nc(C(=O)O)c2ccsc2n1. The first-order valence-electron chi connectivity index (χ1n) is 4.88. The van der Waals surface area contributed by atoms with E-state index in [0.717, 1.165) is 4.83 Å². The van der Waals surface area contributed by atoms with Crippen LogP contribution in [0, 0.1) is 0 Å². The molecule has 0 fully saturated rings. The lowest BCUT2D eigenvalue weighted by atomic mass is 9.95. The van der Waals surface area contributed by atoms with Crippen molar-refractivity contribution in [2.45, 2.75) is 26.2 Å². The fraction of sp³-hybridized carbons (Fsp3) is 0.364. The monoisotopic (exact) mass is 236 g/mol. The molecule has 0 saturated heterocycles. The fourth-order valence-electron chi connectivity index (χ4n) is 1.35. The first-order chi connectivity index (χ1) is 7.39. The standard InChI is InChI=1S/C11H12N2O2S/c1-11(2,3)10-12-7(9(14)15)6-4-5-16-8(6)13-10/h4-5H,1-3H3,(H,14,15). The highest BCUT2D eigenvalue weighted by molar-refractivity contribution is 7.16. The van der Waals surface area contributed by atoms with Crippen LogP contribution in [0.2, 0.25) is 0 Å². The molecule has 0 bridgehead atoms. The van der Waals surface area contributed by atoms with E-state index in [1.54, 1.807) is 6.07 Å². The van der Waals surface area contributed by atoms with Crippen LogP contribution in [0.15, 0.2) is 11.4 Å². The zero-order chi connectivity index (χ0) is 11.9. The van der Waals surface area contributed by atoms with Crippen LogP contribution in [-0.2, 0) is 5.41 Å². The van der Waals surface area contributed by atoms with Gasteiger partial charge in [0.15, 0.2) is 5.69 Å². The molecule has 2 aromatic heterocycles. The molecule has 0 radical (unpaired) electrons. The number of carboxylic acid groups (broad SMARTS) is 1. The highest BCUT2D eigenvalue weighted by Gasteiger charge is 2.22. The van der Waals surface area contributed by atoms with Gasteiger partial charge in [-0.2, -0.15) is 0 Å². The zero-order valence-electron chi connectivity index (χ0n) is 9.31. The van der Waals surface area contributed by atoms with Gasteiger partial charge in [0, 0.05) is 10.8 Å². The van der Waals surface area contributed by atoms with Crippen LogP contribution < -0.4 is 0 Å². The van der Waals surface area contributed by atoms with Crippen LogP contribution in [0.25, 0.3) is 10.2 Å². The Morgan fingerprint density at radius 2 is 2.06 bits per heavy atom. The topological polar surface area (TPSA) is 63.1 Å². The van der Waals surface area contributed by atoms with E-state index in [-0.39, 0.29) is 11.1 Å². The van der Waals surface area contributed by atoms with Gasteiger partial charge in [0.05, 0.1) is 0 Å². The van der Waals surface area contributed by atoms with E-state index in [4.69, 9.17) is 5.11 Å². The Morgan fingerprint density at radius 3 is 2.62 bits per heavy atom. The summed E-state index contributed by atoms with van der Waals surface area (Å²) in [6.45, 7) is 5.90. The van der Waals surface area contributed by atoms with E-state index in [0.29, 0.717) is 11.2 Å². The minimum atomic E-state index is -1.00. The van der Waals surface area contributed by atoms with Crippen molar-refractivity contribution in [2.24, 2.45) is 0 Å². The molecule has 0 aliphatic rings. The lowest BCUT2D eigenvalue weighted by molar-refractivity contribution is 0.0692. The van der Waals surface area contributed by atoms with Gasteiger partial charge in [-0.05, 0) is 11.4 Å². The molecule has 2 heterocycles. The fourth-order valence-corrected chi connectivity index (χ4v) is 2.12. The highest BCUT2D eigenvalue weighted by Crippen LogP contribution is 2.26. The third-order valence-corrected chi connectivity index (χ3v) is 3.01. The predicted molar refractivity (Wildman–Crippen MR) is 63.1 cm³/mol. The summed E-state index contributed by atoms with van der Waals surface area (Å²) in [6.07, 6.45) is 0. The molecule has 0 saturated carbocycles. The minimum absolute atomic E-state index is 0.0937. The molecule has 0 unspecified atom stereocenters. The maximum Gasteiger partial charge on any atom is 0.355 e. The molecule has 0 aliphatic heterocycles. The van der Waals surface area contributed by atoms with Crippen molar-refractivity contribution >= 4 is 27.5 Å². The van der Waals surface area contributed by atoms with Gasteiger partial charge >= 0.3 is 5.97 Å². The van der Waals surface area contributed by atoms with Crippen molar-refractivity contribution in [3.8, 4) is 0 Å². The number of aromatic carboxylic acids is 1. The zero-order valence-corrected chi connectivity index (χ0v) is 10.1. The summed E-state index contributed by atoms with van der Waals surface area (Å²) in [4.78, 5) is 20.4. The quantitative estimate of drug-likeness (QED) is 0.826. The molecule has 0 amide bonds. The number of thiophene rings is 1. The maximum atomic E-state index is 11.1. The number of hydrogen-bond acceptors (Lipinski definition) is 4. The molecule has 1 N–H and O–H groups in total. The third-order valence-electron chi connectivity index (χ3n) is 2.20. The summed E-state index contributed by atoms with van der Waals surface area (Å²) in [5, 5.41) is 11.6. The second kappa shape index (κ2) is 3.52. The molecular formula is C11H12N2O2S. The van der Waals surface area contributed by atoms with Gasteiger partial charge in [-0.3, -0.25) is 0 Å². The second-order valence-corrected chi connectivity index (χ2v) is 5.48. The minimum Gasteiger partial charge on any atom is -0.476 e. The Hall–Kier alpha value is -1.49. The van der Waals surface area contributed by atoms with Crippen LogP contribution in [-0.4, -0.2) is 21.0 Å². The smallest absolute Gasteiger partial charge is 0.355 e.